The Labute approximate surface area is 78.7 Å². The van der Waals surface area contributed by atoms with E-state index >= 15 is 0 Å². The van der Waals surface area contributed by atoms with Gasteiger partial charge in [0.25, 0.3) is 0 Å². The zero-order chi connectivity index (χ0) is 9.26. The van der Waals surface area contributed by atoms with E-state index in [1.807, 2.05) is 4.90 Å². The van der Waals surface area contributed by atoms with Gasteiger partial charge in [-0.15, -0.1) is 0 Å². The standard InChI is InChI=1S/C9H17N3O/c1-7-4-10-2-3-12(7)9(13)8-5-11-6-8/h7-8,10-11H,2-6H2,1H3/t7-/m0/s1. The molecule has 13 heavy (non-hydrogen) atoms. The lowest BCUT2D eigenvalue weighted by Gasteiger charge is -2.38. The number of carbonyl (C=O) groups excluding carboxylic acids is 1. The van der Waals surface area contributed by atoms with Crippen LogP contribution >= 0.6 is 0 Å². The second-order valence-corrected chi connectivity index (χ2v) is 3.94. The number of nitrogens with zero attached hydrogens (tertiary/aromatic N) is 1. The van der Waals surface area contributed by atoms with E-state index in [-0.39, 0.29) is 5.92 Å². The van der Waals surface area contributed by atoms with Crippen LogP contribution in [0.2, 0.25) is 0 Å². The number of carbonyl (C=O) groups is 1. The molecule has 2 rings (SSSR count). The lowest BCUT2D eigenvalue weighted by molar-refractivity contribution is -0.139. The number of piperazine rings is 1. The summed E-state index contributed by atoms with van der Waals surface area (Å²) in [4.78, 5) is 13.9. The van der Waals surface area contributed by atoms with E-state index in [1.54, 1.807) is 0 Å². The first-order valence-electron chi connectivity index (χ1n) is 5.01. The molecule has 2 saturated heterocycles. The zero-order valence-electron chi connectivity index (χ0n) is 8.05. The van der Waals surface area contributed by atoms with E-state index < -0.39 is 0 Å². The summed E-state index contributed by atoms with van der Waals surface area (Å²) in [6.45, 7) is 6.60. The normalized spacial score (nSPS) is 29.9. The van der Waals surface area contributed by atoms with Crippen LogP contribution in [0.3, 0.4) is 0 Å². The summed E-state index contributed by atoms with van der Waals surface area (Å²) in [6.07, 6.45) is 0. The SMILES string of the molecule is C[C@H]1CNCCN1C(=O)C1CNC1. The summed E-state index contributed by atoms with van der Waals surface area (Å²) in [5, 5.41) is 6.42. The number of hydrogen-bond acceptors (Lipinski definition) is 3. The second kappa shape index (κ2) is 3.64. The van der Waals surface area contributed by atoms with Gasteiger partial charge in [-0.25, -0.2) is 0 Å². The third-order valence-electron chi connectivity index (χ3n) is 2.92. The maximum Gasteiger partial charge on any atom is 0.228 e. The van der Waals surface area contributed by atoms with Crippen LogP contribution in [0, 0.1) is 5.92 Å². The van der Waals surface area contributed by atoms with Gasteiger partial charge in [0, 0.05) is 38.8 Å². The van der Waals surface area contributed by atoms with Crippen LogP contribution in [0.4, 0.5) is 0 Å². The van der Waals surface area contributed by atoms with Crippen molar-refractivity contribution in [3.8, 4) is 0 Å². The monoisotopic (exact) mass is 183 g/mol. The third-order valence-corrected chi connectivity index (χ3v) is 2.92. The van der Waals surface area contributed by atoms with Crippen LogP contribution in [0.1, 0.15) is 6.92 Å². The second-order valence-electron chi connectivity index (χ2n) is 3.94. The highest BCUT2D eigenvalue weighted by Gasteiger charge is 2.32. The average Bonchev–Trinajstić information content (AvgIpc) is 2.01. The van der Waals surface area contributed by atoms with Gasteiger partial charge < -0.3 is 15.5 Å². The van der Waals surface area contributed by atoms with Crippen molar-refractivity contribution in [3.05, 3.63) is 0 Å². The summed E-state index contributed by atoms with van der Waals surface area (Å²) in [5.74, 6) is 0.591. The van der Waals surface area contributed by atoms with Crippen LogP contribution in [0.5, 0.6) is 0 Å². The van der Waals surface area contributed by atoms with Gasteiger partial charge in [-0.2, -0.15) is 0 Å². The lowest BCUT2D eigenvalue weighted by atomic mass is 10.0. The van der Waals surface area contributed by atoms with Gasteiger partial charge in [0.05, 0.1) is 5.92 Å². The Morgan fingerprint density at radius 3 is 2.62 bits per heavy atom. The Morgan fingerprint density at radius 1 is 1.31 bits per heavy atom. The minimum Gasteiger partial charge on any atom is -0.337 e. The van der Waals surface area contributed by atoms with Crippen molar-refractivity contribution in [2.75, 3.05) is 32.7 Å². The molecule has 0 aromatic carbocycles. The van der Waals surface area contributed by atoms with E-state index in [9.17, 15) is 4.79 Å². The van der Waals surface area contributed by atoms with Gasteiger partial charge >= 0.3 is 0 Å². The minimum absolute atomic E-state index is 0.251. The molecule has 2 aliphatic rings. The molecule has 0 aromatic heterocycles. The largest absolute Gasteiger partial charge is 0.337 e. The van der Waals surface area contributed by atoms with Crippen molar-refractivity contribution >= 4 is 5.91 Å². The zero-order valence-corrected chi connectivity index (χ0v) is 8.05. The van der Waals surface area contributed by atoms with Crippen molar-refractivity contribution in [1.29, 1.82) is 0 Å². The molecule has 0 unspecified atom stereocenters. The molecule has 4 nitrogen and oxygen atoms in total. The fraction of sp³-hybridized carbons (Fsp3) is 0.889. The molecule has 74 valence electrons. The molecular weight excluding hydrogens is 166 g/mol. The highest BCUT2D eigenvalue weighted by Crippen LogP contribution is 2.12. The Bertz CT molecular complexity index is 203. The highest BCUT2D eigenvalue weighted by atomic mass is 16.2. The molecule has 4 heteroatoms. The third kappa shape index (κ3) is 1.69. The molecule has 1 amide bonds. The van der Waals surface area contributed by atoms with Gasteiger partial charge in [-0.05, 0) is 6.92 Å². The molecule has 0 saturated carbocycles. The van der Waals surface area contributed by atoms with Crippen molar-refractivity contribution in [2.24, 2.45) is 5.92 Å². The van der Waals surface area contributed by atoms with Gasteiger partial charge in [-0.3, -0.25) is 4.79 Å². The minimum atomic E-state index is 0.251. The molecule has 2 heterocycles. The van der Waals surface area contributed by atoms with E-state index in [4.69, 9.17) is 0 Å². The maximum absolute atomic E-state index is 11.8. The summed E-state index contributed by atoms with van der Waals surface area (Å²) < 4.78 is 0. The van der Waals surface area contributed by atoms with E-state index in [2.05, 4.69) is 17.6 Å². The predicted octanol–water partition coefficient (Wildman–Crippen LogP) is -0.974. The molecule has 0 aromatic rings. The summed E-state index contributed by atoms with van der Waals surface area (Å²) in [7, 11) is 0. The van der Waals surface area contributed by atoms with Crippen LogP contribution in [-0.2, 0) is 4.79 Å². The Morgan fingerprint density at radius 2 is 2.08 bits per heavy atom. The topological polar surface area (TPSA) is 44.4 Å². The van der Waals surface area contributed by atoms with Crippen LogP contribution in [0.25, 0.3) is 0 Å². The van der Waals surface area contributed by atoms with Crippen molar-refractivity contribution < 1.29 is 4.79 Å². The number of nitrogens with one attached hydrogen (secondary N) is 2. The Hall–Kier alpha value is -0.610. The molecule has 2 fully saturated rings. The van der Waals surface area contributed by atoms with Gasteiger partial charge in [0.15, 0.2) is 0 Å². The quantitative estimate of drug-likeness (QED) is 0.549. The molecule has 1 atom stereocenters. The highest BCUT2D eigenvalue weighted by molar-refractivity contribution is 5.80. The molecule has 0 spiro atoms. The van der Waals surface area contributed by atoms with Crippen LogP contribution in [0.15, 0.2) is 0 Å². The molecule has 0 aliphatic carbocycles. The van der Waals surface area contributed by atoms with Crippen molar-refractivity contribution in [2.45, 2.75) is 13.0 Å². The van der Waals surface area contributed by atoms with Crippen molar-refractivity contribution in [3.63, 3.8) is 0 Å². The molecule has 0 bridgehead atoms. The van der Waals surface area contributed by atoms with Crippen molar-refractivity contribution in [1.82, 2.24) is 15.5 Å². The Balaban J connectivity index is 1.93. The number of rotatable bonds is 1. The van der Waals surface area contributed by atoms with E-state index in [0.717, 1.165) is 32.7 Å². The van der Waals surface area contributed by atoms with Gasteiger partial charge in [0.2, 0.25) is 5.91 Å². The molecule has 0 radical (unpaired) electrons. The first kappa shape index (κ1) is 8.97. The fourth-order valence-electron chi connectivity index (χ4n) is 1.87. The summed E-state index contributed by atoms with van der Waals surface area (Å²) >= 11 is 0. The van der Waals surface area contributed by atoms with Crippen LogP contribution < -0.4 is 10.6 Å². The van der Waals surface area contributed by atoms with Gasteiger partial charge in [0.1, 0.15) is 0 Å². The fourth-order valence-corrected chi connectivity index (χ4v) is 1.87. The molecular formula is C9H17N3O. The van der Waals surface area contributed by atoms with E-state index in [1.165, 1.54) is 0 Å². The maximum atomic E-state index is 11.8. The molecule has 2 N–H and O–H groups in total. The predicted molar refractivity (Wildman–Crippen MR) is 50.4 cm³/mol. The van der Waals surface area contributed by atoms with Gasteiger partial charge in [-0.1, -0.05) is 0 Å². The Kier molecular flexibility index (Phi) is 2.51. The number of hydrogen-bond donors (Lipinski definition) is 2. The lowest BCUT2D eigenvalue weighted by Crippen LogP contribution is -2.58. The number of amides is 1. The summed E-state index contributed by atoms with van der Waals surface area (Å²) in [5.41, 5.74) is 0. The average molecular weight is 183 g/mol. The smallest absolute Gasteiger partial charge is 0.228 e. The summed E-state index contributed by atoms with van der Waals surface area (Å²) in [6, 6.07) is 0.363. The molecule has 2 aliphatic heterocycles. The van der Waals surface area contributed by atoms with Crippen LogP contribution in [-0.4, -0.2) is 49.6 Å². The first-order chi connectivity index (χ1) is 6.29. The first-order valence-corrected chi connectivity index (χ1v) is 5.01. The van der Waals surface area contributed by atoms with E-state index in [0.29, 0.717) is 11.9 Å².